The summed E-state index contributed by atoms with van der Waals surface area (Å²) in [6.07, 6.45) is 0.577. The Morgan fingerprint density at radius 2 is 1.64 bits per heavy atom. The van der Waals surface area contributed by atoms with Crippen molar-refractivity contribution in [3.8, 4) is 5.75 Å². The molecule has 0 saturated carbocycles. The Bertz CT molecular complexity index is 781. The number of benzene rings is 3. The van der Waals surface area contributed by atoms with Crippen LogP contribution in [-0.2, 0) is 0 Å². The van der Waals surface area contributed by atoms with Crippen molar-refractivity contribution in [1.82, 2.24) is 0 Å². The monoisotopic (exact) mass is 356 g/mol. The molecular weight excluding hydrogens is 340 g/mol. The van der Waals surface area contributed by atoms with Crippen LogP contribution in [0.4, 0.5) is 0 Å². The number of aliphatic hydroxyl groups is 1. The third-order valence-electron chi connectivity index (χ3n) is 4.00. The summed E-state index contributed by atoms with van der Waals surface area (Å²) in [6.45, 7) is 0.0764. The van der Waals surface area contributed by atoms with E-state index in [2.05, 4.69) is 15.9 Å². The van der Waals surface area contributed by atoms with E-state index in [1.807, 2.05) is 60.7 Å². The van der Waals surface area contributed by atoms with Crippen LogP contribution >= 0.6 is 15.9 Å². The molecule has 0 aliphatic heterocycles. The fourth-order valence-electron chi connectivity index (χ4n) is 2.88. The van der Waals surface area contributed by atoms with Gasteiger partial charge in [-0.25, -0.2) is 0 Å². The molecule has 0 aromatic heterocycles. The molecule has 3 aromatic carbocycles. The molecule has 112 valence electrons. The van der Waals surface area contributed by atoms with Crippen LogP contribution in [0.15, 0.2) is 65.1 Å². The molecule has 22 heavy (non-hydrogen) atoms. The maximum Gasteiger partial charge on any atom is 0.127 e. The van der Waals surface area contributed by atoms with Crippen molar-refractivity contribution >= 4 is 26.7 Å². The zero-order chi connectivity index (χ0) is 15.5. The van der Waals surface area contributed by atoms with Crippen LogP contribution < -0.4 is 0 Å². The molecule has 0 unspecified atom stereocenters. The fraction of sp³-hybridized carbons (Fsp3) is 0.158. The van der Waals surface area contributed by atoms with E-state index in [-0.39, 0.29) is 12.5 Å². The highest BCUT2D eigenvalue weighted by Gasteiger charge is 2.18. The smallest absolute Gasteiger partial charge is 0.127 e. The van der Waals surface area contributed by atoms with Gasteiger partial charge in [-0.3, -0.25) is 0 Å². The molecule has 0 fully saturated rings. The maximum atomic E-state index is 10.7. The summed E-state index contributed by atoms with van der Waals surface area (Å²) >= 11 is 3.44. The summed E-state index contributed by atoms with van der Waals surface area (Å²) in [5.41, 5.74) is 1.94. The summed E-state index contributed by atoms with van der Waals surface area (Å²) in [7, 11) is 0. The Morgan fingerprint density at radius 3 is 2.36 bits per heavy atom. The number of hydrogen-bond acceptors (Lipinski definition) is 2. The van der Waals surface area contributed by atoms with Gasteiger partial charge in [0.2, 0.25) is 0 Å². The van der Waals surface area contributed by atoms with E-state index in [1.165, 1.54) is 0 Å². The highest BCUT2D eigenvalue weighted by molar-refractivity contribution is 9.10. The van der Waals surface area contributed by atoms with Gasteiger partial charge in [0.05, 0.1) is 0 Å². The van der Waals surface area contributed by atoms with E-state index in [0.29, 0.717) is 12.2 Å². The summed E-state index contributed by atoms with van der Waals surface area (Å²) < 4.78 is 1.02. The number of fused-ring (bicyclic) bond motifs is 1. The molecule has 1 atom stereocenters. The molecule has 0 bridgehead atoms. The number of halogens is 1. The van der Waals surface area contributed by atoms with Crippen molar-refractivity contribution in [1.29, 1.82) is 0 Å². The average Bonchev–Trinajstić information content (AvgIpc) is 2.55. The second kappa shape index (κ2) is 6.51. The van der Waals surface area contributed by atoms with Crippen molar-refractivity contribution in [2.75, 3.05) is 6.61 Å². The summed E-state index contributed by atoms with van der Waals surface area (Å²) in [4.78, 5) is 0. The maximum absolute atomic E-state index is 10.7. The average molecular weight is 357 g/mol. The van der Waals surface area contributed by atoms with Crippen LogP contribution in [0.3, 0.4) is 0 Å². The van der Waals surface area contributed by atoms with Gasteiger partial charge in [-0.15, -0.1) is 0 Å². The SMILES string of the molecule is OCC[C@@H](c1ccc(Br)cc1)c1ccc2ccccc2c1O. The van der Waals surface area contributed by atoms with Crippen LogP contribution in [0.5, 0.6) is 5.75 Å². The Morgan fingerprint density at radius 1 is 0.909 bits per heavy atom. The van der Waals surface area contributed by atoms with Crippen molar-refractivity contribution in [3.05, 3.63) is 76.3 Å². The predicted molar refractivity (Wildman–Crippen MR) is 93.3 cm³/mol. The first-order chi connectivity index (χ1) is 10.7. The van der Waals surface area contributed by atoms with Gasteiger partial charge in [0.15, 0.2) is 0 Å². The Balaban J connectivity index is 2.12. The number of aromatic hydroxyl groups is 1. The highest BCUT2D eigenvalue weighted by Crippen LogP contribution is 2.38. The van der Waals surface area contributed by atoms with E-state index < -0.39 is 0 Å². The first kappa shape index (κ1) is 15.1. The number of phenolic OH excluding ortho intramolecular Hbond substituents is 1. The molecule has 0 aliphatic rings. The van der Waals surface area contributed by atoms with Crippen LogP contribution in [0.25, 0.3) is 10.8 Å². The van der Waals surface area contributed by atoms with Gasteiger partial charge in [-0.2, -0.15) is 0 Å². The standard InChI is InChI=1S/C19H17BrO2/c20-15-8-5-14(6-9-15)16(11-12-21)18-10-7-13-3-1-2-4-17(13)19(18)22/h1-10,16,21-22H,11-12H2/t16-/m0/s1. The molecule has 2 N–H and O–H groups in total. The first-order valence-electron chi connectivity index (χ1n) is 7.27. The van der Waals surface area contributed by atoms with Crippen molar-refractivity contribution in [2.24, 2.45) is 0 Å². The van der Waals surface area contributed by atoms with Crippen molar-refractivity contribution in [2.45, 2.75) is 12.3 Å². The van der Waals surface area contributed by atoms with Gasteiger partial charge < -0.3 is 10.2 Å². The predicted octanol–water partition coefficient (Wildman–Crippen LogP) is 4.82. The molecule has 3 aromatic rings. The van der Waals surface area contributed by atoms with E-state index in [4.69, 9.17) is 0 Å². The second-order valence-corrected chi connectivity index (χ2v) is 6.26. The Kier molecular flexibility index (Phi) is 4.46. The first-order valence-corrected chi connectivity index (χ1v) is 8.07. The lowest BCUT2D eigenvalue weighted by molar-refractivity contribution is 0.281. The molecule has 0 amide bonds. The number of hydrogen-bond donors (Lipinski definition) is 2. The lowest BCUT2D eigenvalue weighted by Gasteiger charge is -2.19. The third-order valence-corrected chi connectivity index (χ3v) is 4.53. The minimum atomic E-state index is -0.0253. The van der Waals surface area contributed by atoms with Crippen LogP contribution in [0.1, 0.15) is 23.5 Å². The summed E-state index contributed by atoms with van der Waals surface area (Å²) in [5.74, 6) is 0.280. The molecule has 3 heteroatoms. The summed E-state index contributed by atoms with van der Waals surface area (Å²) in [6, 6.07) is 19.8. The van der Waals surface area contributed by atoms with E-state index in [1.54, 1.807) is 0 Å². The largest absolute Gasteiger partial charge is 0.507 e. The minimum absolute atomic E-state index is 0.0253. The molecule has 0 spiro atoms. The number of phenols is 1. The van der Waals surface area contributed by atoms with Gasteiger partial charge in [0, 0.05) is 27.9 Å². The highest BCUT2D eigenvalue weighted by atomic mass is 79.9. The third kappa shape index (κ3) is 2.87. The van der Waals surface area contributed by atoms with Crippen LogP contribution in [0.2, 0.25) is 0 Å². The molecule has 0 saturated heterocycles. The molecule has 2 nitrogen and oxygen atoms in total. The Labute approximate surface area is 138 Å². The van der Waals surface area contributed by atoms with Gasteiger partial charge in [-0.1, -0.05) is 64.5 Å². The quantitative estimate of drug-likeness (QED) is 0.703. The van der Waals surface area contributed by atoms with Crippen molar-refractivity contribution < 1.29 is 10.2 Å². The lowest BCUT2D eigenvalue weighted by Crippen LogP contribution is -2.04. The zero-order valence-corrected chi connectivity index (χ0v) is 13.6. The van der Waals surface area contributed by atoms with E-state index >= 15 is 0 Å². The van der Waals surface area contributed by atoms with Gasteiger partial charge >= 0.3 is 0 Å². The second-order valence-electron chi connectivity index (χ2n) is 5.34. The molecule has 0 heterocycles. The van der Waals surface area contributed by atoms with Gasteiger partial charge in [0.25, 0.3) is 0 Å². The molecule has 0 radical (unpaired) electrons. The van der Waals surface area contributed by atoms with Crippen LogP contribution in [-0.4, -0.2) is 16.8 Å². The Hall–Kier alpha value is -1.84. The normalized spacial score (nSPS) is 12.5. The van der Waals surface area contributed by atoms with Crippen molar-refractivity contribution in [3.63, 3.8) is 0 Å². The molecular formula is C19H17BrO2. The fourth-order valence-corrected chi connectivity index (χ4v) is 3.14. The summed E-state index contributed by atoms with van der Waals surface area (Å²) in [5, 5.41) is 22.0. The topological polar surface area (TPSA) is 40.5 Å². The number of aliphatic hydroxyl groups excluding tert-OH is 1. The van der Waals surface area contributed by atoms with Crippen LogP contribution in [0, 0.1) is 0 Å². The minimum Gasteiger partial charge on any atom is -0.507 e. The number of rotatable bonds is 4. The van der Waals surface area contributed by atoms with E-state index in [9.17, 15) is 10.2 Å². The van der Waals surface area contributed by atoms with Gasteiger partial charge in [-0.05, 0) is 29.5 Å². The molecule has 3 rings (SSSR count). The molecule has 0 aliphatic carbocycles. The lowest BCUT2D eigenvalue weighted by atomic mass is 9.87. The zero-order valence-electron chi connectivity index (χ0n) is 12.0. The van der Waals surface area contributed by atoms with Gasteiger partial charge in [0.1, 0.15) is 5.75 Å². The van der Waals surface area contributed by atoms with E-state index in [0.717, 1.165) is 26.4 Å².